The zero-order valence-corrected chi connectivity index (χ0v) is 28.1. The molecule has 0 nitrogen and oxygen atoms in total. The summed E-state index contributed by atoms with van der Waals surface area (Å²) in [6.07, 6.45) is 7.11. The Hall–Kier alpha value is 0.160. The molecule has 190 valence electrons. The molecule has 4 heteroatoms. The van der Waals surface area contributed by atoms with Crippen LogP contribution in [-0.2, 0) is 25.4 Å². The van der Waals surface area contributed by atoms with Gasteiger partial charge in [0.2, 0.25) is 0 Å². The Morgan fingerprint density at radius 1 is 0.676 bits per heavy atom. The van der Waals surface area contributed by atoms with Crippen LogP contribution in [0.25, 0.3) is 11.1 Å². The fraction of sp³-hybridized carbons (Fsp3) is 0.600. The van der Waals surface area contributed by atoms with Crippen molar-refractivity contribution in [3.8, 4) is 11.1 Å². The predicted octanol–water partition coefficient (Wildman–Crippen LogP) is 10.6. The predicted molar refractivity (Wildman–Crippen MR) is 171 cm³/mol. The first-order valence-corrected chi connectivity index (χ1v) is 20.9. The lowest BCUT2D eigenvalue weighted by molar-refractivity contribution is 0.644. The number of hydrogen-bond acceptors (Lipinski definition) is 0. The molecule has 0 amide bonds. The third-order valence-corrected chi connectivity index (χ3v) is 21.6. The Morgan fingerprint density at radius 2 is 1.06 bits per heavy atom. The first-order valence-electron chi connectivity index (χ1n) is 13.2. The zero-order valence-electron chi connectivity index (χ0n) is 23.9. The van der Waals surface area contributed by atoms with Crippen LogP contribution in [0.3, 0.4) is 0 Å². The Labute approximate surface area is 218 Å². The van der Waals surface area contributed by atoms with Gasteiger partial charge in [0, 0.05) is 21.1 Å². The minimum Gasteiger partial charge on any atom is -0.0725 e. The van der Waals surface area contributed by atoms with Gasteiger partial charge >= 0.3 is 0 Å². The summed E-state index contributed by atoms with van der Waals surface area (Å²) < 4.78 is 0. The average molecular weight is 536 g/mol. The lowest BCUT2D eigenvalue weighted by Crippen LogP contribution is -2.13. The fourth-order valence-corrected chi connectivity index (χ4v) is 8.81. The minimum atomic E-state index is -1.10. The molecule has 4 atom stereocenters. The summed E-state index contributed by atoms with van der Waals surface area (Å²) in [6, 6.07) is 0. The Bertz CT molecular complexity index is 998. The van der Waals surface area contributed by atoms with Gasteiger partial charge in [-0.3, -0.25) is 0 Å². The van der Waals surface area contributed by atoms with Gasteiger partial charge in [0.15, 0.2) is 0 Å². The smallest absolute Gasteiger partial charge is 0.0725 e. The van der Waals surface area contributed by atoms with Crippen molar-refractivity contribution in [3.05, 3.63) is 55.6 Å². The number of rotatable bonds is 10. The van der Waals surface area contributed by atoms with E-state index in [0.29, 0.717) is 5.92 Å². The highest BCUT2D eigenvalue weighted by Gasteiger charge is 2.32. The van der Waals surface area contributed by atoms with Gasteiger partial charge in [-0.2, -0.15) is 0 Å². The highest BCUT2D eigenvalue weighted by molar-refractivity contribution is 8.67. The van der Waals surface area contributed by atoms with Crippen molar-refractivity contribution in [1.29, 1.82) is 0 Å². The Morgan fingerprint density at radius 3 is 1.44 bits per heavy atom. The average Bonchev–Trinajstić information content (AvgIpc) is 2.78. The van der Waals surface area contributed by atoms with E-state index in [2.05, 4.69) is 93.8 Å². The topological polar surface area (TPSA) is 0 Å². The summed E-state index contributed by atoms with van der Waals surface area (Å²) >= 11 is 0. The first-order chi connectivity index (χ1) is 15.8. The molecular formula is C30H51P4+. The second kappa shape index (κ2) is 12.6. The Balaban J connectivity index is 3.22. The van der Waals surface area contributed by atoms with Crippen molar-refractivity contribution >= 4 is 32.5 Å². The molecule has 2 aromatic carbocycles. The Kier molecular flexibility index (Phi) is 11.3. The molecule has 0 saturated carbocycles. The molecule has 0 aromatic heterocycles. The van der Waals surface area contributed by atoms with Gasteiger partial charge in [0.1, 0.15) is 0 Å². The third kappa shape index (κ3) is 6.34. The summed E-state index contributed by atoms with van der Waals surface area (Å²) in [5.74, 6) is 0.644. The molecule has 4 unspecified atom stereocenters. The summed E-state index contributed by atoms with van der Waals surface area (Å²) in [5, 5.41) is 0. The van der Waals surface area contributed by atoms with Crippen LogP contribution in [0.15, 0.2) is 0 Å². The largest absolute Gasteiger partial charge is 0.0889 e. The van der Waals surface area contributed by atoms with E-state index < -0.39 is 6.64 Å². The highest BCUT2D eigenvalue weighted by atomic mass is 32.6. The summed E-state index contributed by atoms with van der Waals surface area (Å²) in [5.41, 5.74) is 18.9. The van der Waals surface area contributed by atoms with Crippen molar-refractivity contribution in [1.82, 2.24) is 0 Å². The monoisotopic (exact) mass is 535 g/mol. The van der Waals surface area contributed by atoms with E-state index in [1.807, 2.05) is 0 Å². The van der Waals surface area contributed by atoms with Gasteiger partial charge in [0.05, 0.1) is 20.8 Å². The number of benzene rings is 2. The zero-order chi connectivity index (χ0) is 26.0. The van der Waals surface area contributed by atoms with Gasteiger partial charge < -0.3 is 0 Å². The van der Waals surface area contributed by atoms with E-state index in [4.69, 9.17) is 0 Å². The first kappa shape index (κ1) is 30.4. The molecule has 0 saturated heterocycles. The van der Waals surface area contributed by atoms with Crippen LogP contribution in [-0.4, -0.2) is 6.66 Å². The highest BCUT2D eigenvalue weighted by Crippen LogP contribution is 2.82. The molecule has 0 radical (unpaired) electrons. The van der Waals surface area contributed by atoms with E-state index >= 15 is 0 Å². The SMILES string of the molecule is CCCc1c(C)c(C)c(C)c(CCC)c1-c1c(CC(C)C)c(C)c(C)c(C)c1C[P+](C)(P)PP. The number of hydrogen-bond donors (Lipinski definition) is 0. The molecule has 0 spiro atoms. The second-order valence-electron chi connectivity index (χ2n) is 11.1. The minimum absolute atomic E-state index is 0.644. The molecule has 2 rings (SSSR count). The molecule has 0 heterocycles. The van der Waals surface area contributed by atoms with Gasteiger partial charge in [-0.15, -0.1) is 0 Å². The van der Waals surface area contributed by atoms with Crippen molar-refractivity contribution in [2.75, 3.05) is 6.66 Å². The summed E-state index contributed by atoms with van der Waals surface area (Å²) in [7, 11) is 7.30. The molecule has 0 N–H and O–H groups in total. The van der Waals surface area contributed by atoms with Crippen LogP contribution in [0.5, 0.6) is 0 Å². The quantitative estimate of drug-likeness (QED) is 0.266. The van der Waals surface area contributed by atoms with E-state index in [9.17, 15) is 0 Å². The van der Waals surface area contributed by atoms with Crippen LogP contribution < -0.4 is 0 Å². The maximum atomic E-state index is 3.30. The van der Waals surface area contributed by atoms with Crippen LogP contribution in [0, 0.1) is 47.5 Å². The molecule has 0 aliphatic rings. The molecular weight excluding hydrogens is 484 g/mol. The van der Waals surface area contributed by atoms with Crippen LogP contribution in [0.1, 0.15) is 96.2 Å². The van der Waals surface area contributed by atoms with Gasteiger partial charge in [0.25, 0.3) is 0 Å². The van der Waals surface area contributed by atoms with Crippen molar-refractivity contribution in [2.45, 2.75) is 108 Å². The standard InChI is InChI=1S/C30H51P4/c1-12-14-25-21(7)19(5)22(8)26(15-13-2)29(25)30-27(16-18(3)4)23(9)20(6)24(10)28(30)17-34(11,32)33-31/h18,33H,12-17,31-32H2,1-11H3/q+1. The van der Waals surface area contributed by atoms with E-state index in [-0.39, 0.29) is 0 Å². The van der Waals surface area contributed by atoms with Crippen LogP contribution in [0.4, 0.5) is 0 Å². The van der Waals surface area contributed by atoms with Gasteiger partial charge in [-0.25, -0.2) is 0 Å². The lowest BCUT2D eigenvalue weighted by Gasteiger charge is -2.30. The maximum absolute atomic E-state index is 3.30. The molecule has 34 heavy (non-hydrogen) atoms. The van der Waals surface area contributed by atoms with Crippen molar-refractivity contribution in [3.63, 3.8) is 0 Å². The fourth-order valence-electron chi connectivity index (χ4n) is 5.55. The van der Waals surface area contributed by atoms with Crippen molar-refractivity contribution in [2.24, 2.45) is 5.92 Å². The van der Waals surface area contributed by atoms with Crippen LogP contribution >= 0.6 is 32.5 Å². The van der Waals surface area contributed by atoms with E-state index in [1.54, 1.807) is 33.4 Å². The second-order valence-corrected chi connectivity index (χ2v) is 25.3. The molecule has 0 aliphatic heterocycles. The third-order valence-electron chi connectivity index (χ3n) is 7.91. The molecule has 0 fully saturated rings. The van der Waals surface area contributed by atoms with Gasteiger partial charge in [-0.05, 0) is 128 Å². The summed E-state index contributed by atoms with van der Waals surface area (Å²) in [6.45, 7) is 25.2. The van der Waals surface area contributed by atoms with E-state index in [0.717, 1.165) is 14.4 Å². The molecule has 0 aliphatic carbocycles. The molecule has 0 bridgehead atoms. The lowest BCUT2D eigenvalue weighted by atomic mass is 9.76. The molecule has 2 aromatic rings. The van der Waals surface area contributed by atoms with Crippen LogP contribution in [0.2, 0.25) is 0 Å². The van der Waals surface area contributed by atoms with Gasteiger partial charge in [-0.1, -0.05) is 49.5 Å². The normalized spacial score (nSPS) is 13.9. The maximum Gasteiger partial charge on any atom is 0.0889 e. The van der Waals surface area contributed by atoms with E-state index in [1.165, 1.54) is 65.2 Å². The summed E-state index contributed by atoms with van der Waals surface area (Å²) in [4.78, 5) is 0. The van der Waals surface area contributed by atoms with Crippen molar-refractivity contribution < 1.29 is 0 Å².